The van der Waals surface area contributed by atoms with Crippen LogP contribution in [0.25, 0.3) is 0 Å². The van der Waals surface area contributed by atoms with Crippen molar-refractivity contribution in [1.29, 1.82) is 0 Å². The highest BCUT2D eigenvalue weighted by Crippen LogP contribution is 2.16. The summed E-state index contributed by atoms with van der Waals surface area (Å²) in [6.45, 7) is 6.53. The average Bonchev–Trinajstić information content (AvgIpc) is 2.53. The zero-order valence-electron chi connectivity index (χ0n) is 13.1. The van der Waals surface area contributed by atoms with Gasteiger partial charge in [-0.15, -0.1) is 12.4 Å². The second-order valence-electron chi connectivity index (χ2n) is 5.38. The lowest BCUT2D eigenvalue weighted by Gasteiger charge is -2.30. The Balaban J connectivity index is 0.00000242. The van der Waals surface area contributed by atoms with E-state index in [0.717, 1.165) is 11.1 Å². The summed E-state index contributed by atoms with van der Waals surface area (Å²) >= 11 is 0. The molecule has 1 aliphatic rings. The molecule has 0 aromatic heterocycles. The zero-order valence-corrected chi connectivity index (χ0v) is 13.9. The van der Waals surface area contributed by atoms with Crippen molar-refractivity contribution in [1.82, 2.24) is 10.2 Å². The standard InChI is InChI=1S/C16H24N2O3.ClH/c1-3-18(16(20)14-11-21-9-8-17-14)10-15(19)13-6-4-12(2)5-7-13;/h4-7,14-15,17,19H,3,8-11H2,1-2H3;1H. The number of hydrogen-bond donors (Lipinski definition) is 2. The number of amides is 1. The van der Waals surface area contributed by atoms with Gasteiger partial charge in [-0.1, -0.05) is 29.8 Å². The van der Waals surface area contributed by atoms with Crippen LogP contribution in [-0.2, 0) is 9.53 Å². The van der Waals surface area contributed by atoms with Crippen LogP contribution in [-0.4, -0.2) is 54.8 Å². The number of aryl methyl sites for hydroxylation is 1. The molecule has 6 heteroatoms. The van der Waals surface area contributed by atoms with Gasteiger partial charge in [0.2, 0.25) is 5.91 Å². The molecule has 2 unspecified atom stereocenters. The number of carbonyl (C=O) groups excluding carboxylic acids is 1. The molecular formula is C16H25ClN2O3. The van der Waals surface area contributed by atoms with Gasteiger partial charge in [-0.25, -0.2) is 0 Å². The molecule has 0 bridgehead atoms. The van der Waals surface area contributed by atoms with Gasteiger partial charge < -0.3 is 20.1 Å². The van der Waals surface area contributed by atoms with E-state index in [1.807, 2.05) is 38.1 Å². The number of nitrogens with one attached hydrogen (secondary N) is 1. The molecular weight excluding hydrogens is 304 g/mol. The number of rotatable bonds is 5. The van der Waals surface area contributed by atoms with Crippen LogP contribution in [0.1, 0.15) is 24.2 Å². The normalized spacial score (nSPS) is 19.1. The molecule has 0 radical (unpaired) electrons. The molecule has 1 saturated heterocycles. The van der Waals surface area contributed by atoms with Crippen molar-refractivity contribution >= 4 is 18.3 Å². The van der Waals surface area contributed by atoms with Crippen LogP contribution in [0.4, 0.5) is 0 Å². The van der Waals surface area contributed by atoms with Gasteiger partial charge in [-0.05, 0) is 19.4 Å². The predicted octanol–water partition coefficient (Wildman–Crippen LogP) is 1.29. The van der Waals surface area contributed by atoms with E-state index in [4.69, 9.17) is 4.74 Å². The number of carbonyl (C=O) groups is 1. The summed E-state index contributed by atoms with van der Waals surface area (Å²) < 4.78 is 5.33. The van der Waals surface area contributed by atoms with Gasteiger partial charge in [0, 0.05) is 13.1 Å². The Kier molecular flexibility index (Phi) is 7.82. The van der Waals surface area contributed by atoms with Crippen molar-refractivity contribution in [2.45, 2.75) is 26.0 Å². The Morgan fingerprint density at radius 2 is 2.14 bits per heavy atom. The number of nitrogens with zero attached hydrogens (tertiary/aromatic N) is 1. The smallest absolute Gasteiger partial charge is 0.242 e. The minimum Gasteiger partial charge on any atom is -0.387 e. The predicted molar refractivity (Wildman–Crippen MR) is 88.3 cm³/mol. The molecule has 22 heavy (non-hydrogen) atoms. The number of likely N-dealkylation sites (N-methyl/N-ethyl adjacent to an activating group) is 1. The van der Waals surface area contributed by atoms with Crippen molar-refractivity contribution < 1.29 is 14.6 Å². The summed E-state index contributed by atoms with van der Waals surface area (Å²) in [5, 5.41) is 13.5. The number of aliphatic hydroxyl groups is 1. The second-order valence-corrected chi connectivity index (χ2v) is 5.38. The van der Waals surface area contributed by atoms with Crippen LogP contribution in [0.15, 0.2) is 24.3 Å². The number of hydrogen-bond acceptors (Lipinski definition) is 4. The SMILES string of the molecule is CCN(CC(O)c1ccc(C)cc1)C(=O)C1COCCN1.Cl. The highest BCUT2D eigenvalue weighted by molar-refractivity contribution is 5.85. The van der Waals surface area contributed by atoms with Crippen molar-refractivity contribution in [3.63, 3.8) is 0 Å². The summed E-state index contributed by atoms with van der Waals surface area (Å²) in [5.41, 5.74) is 1.98. The minimum absolute atomic E-state index is 0. The summed E-state index contributed by atoms with van der Waals surface area (Å²) in [5.74, 6) is -0.0108. The van der Waals surface area contributed by atoms with Gasteiger partial charge in [0.15, 0.2) is 0 Å². The van der Waals surface area contributed by atoms with E-state index in [-0.39, 0.29) is 24.4 Å². The fraction of sp³-hybridized carbons (Fsp3) is 0.562. The number of benzene rings is 1. The number of halogens is 1. The van der Waals surface area contributed by atoms with Crippen LogP contribution in [0.5, 0.6) is 0 Å². The Labute approximate surface area is 138 Å². The Morgan fingerprint density at radius 3 is 2.68 bits per heavy atom. The van der Waals surface area contributed by atoms with Gasteiger partial charge in [0.05, 0.1) is 25.9 Å². The molecule has 5 nitrogen and oxygen atoms in total. The van der Waals surface area contributed by atoms with Crippen molar-refractivity contribution in [2.24, 2.45) is 0 Å². The second kappa shape index (κ2) is 9.10. The van der Waals surface area contributed by atoms with E-state index in [1.165, 1.54) is 0 Å². The van der Waals surface area contributed by atoms with Gasteiger partial charge in [-0.3, -0.25) is 4.79 Å². The Morgan fingerprint density at radius 1 is 1.45 bits per heavy atom. The first-order chi connectivity index (χ1) is 10.1. The molecule has 0 aliphatic carbocycles. The Bertz CT molecular complexity index is 461. The van der Waals surface area contributed by atoms with E-state index in [0.29, 0.717) is 32.8 Å². The van der Waals surface area contributed by atoms with Gasteiger partial charge >= 0.3 is 0 Å². The highest BCUT2D eigenvalue weighted by atomic mass is 35.5. The van der Waals surface area contributed by atoms with Crippen molar-refractivity contribution in [3.05, 3.63) is 35.4 Å². The molecule has 124 valence electrons. The maximum absolute atomic E-state index is 12.4. The topological polar surface area (TPSA) is 61.8 Å². The highest BCUT2D eigenvalue weighted by Gasteiger charge is 2.26. The molecule has 1 fully saturated rings. The minimum atomic E-state index is -0.668. The lowest BCUT2D eigenvalue weighted by Crippen LogP contribution is -2.53. The van der Waals surface area contributed by atoms with Crippen LogP contribution in [0.3, 0.4) is 0 Å². The fourth-order valence-corrected chi connectivity index (χ4v) is 2.42. The van der Waals surface area contributed by atoms with E-state index < -0.39 is 6.10 Å². The van der Waals surface area contributed by atoms with Crippen molar-refractivity contribution in [2.75, 3.05) is 32.8 Å². The van der Waals surface area contributed by atoms with Crippen LogP contribution < -0.4 is 5.32 Å². The first kappa shape index (κ1) is 18.9. The number of morpholine rings is 1. The van der Waals surface area contributed by atoms with Crippen LogP contribution in [0.2, 0.25) is 0 Å². The largest absolute Gasteiger partial charge is 0.387 e. The maximum Gasteiger partial charge on any atom is 0.242 e. The van der Waals surface area contributed by atoms with Gasteiger partial charge in [0.25, 0.3) is 0 Å². The third kappa shape index (κ3) is 4.95. The van der Waals surface area contributed by atoms with Gasteiger partial charge in [-0.2, -0.15) is 0 Å². The first-order valence-corrected chi connectivity index (χ1v) is 7.46. The molecule has 2 rings (SSSR count). The lowest BCUT2D eigenvalue weighted by molar-refractivity contribution is -0.137. The summed E-state index contributed by atoms with van der Waals surface area (Å²) in [4.78, 5) is 14.1. The molecule has 2 N–H and O–H groups in total. The van der Waals surface area contributed by atoms with Crippen LogP contribution >= 0.6 is 12.4 Å². The van der Waals surface area contributed by atoms with E-state index in [9.17, 15) is 9.90 Å². The van der Waals surface area contributed by atoms with E-state index >= 15 is 0 Å². The molecule has 1 heterocycles. The molecule has 0 spiro atoms. The third-order valence-electron chi connectivity index (χ3n) is 3.77. The molecule has 1 amide bonds. The Hall–Kier alpha value is -1.14. The fourth-order valence-electron chi connectivity index (χ4n) is 2.42. The zero-order chi connectivity index (χ0) is 15.2. The van der Waals surface area contributed by atoms with Crippen molar-refractivity contribution in [3.8, 4) is 0 Å². The average molecular weight is 329 g/mol. The quantitative estimate of drug-likeness (QED) is 0.855. The van der Waals surface area contributed by atoms with Gasteiger partial charge in [0.1, 0.15) is 6.04 Å². The lowest BCUT2D eigenvalue weighted by atomic mass is 10.1. The first-order valence-electron chi connectivity index (χ1n) is 7.46. The molecule has 1 aromatic carbocycles. The van der Waals surface area contributed by atoms with E-state index in [1.54, 1.807) is 4.90 Å². The summed E-state index contributed by atoms with van der Waals surface area (Å²) in [7, 11) is 0. The third-order valence-corrected chi connectivity index (χ3v) is 3.77. The molecule has 1 aromatic rings. The van der Waals surface area contributed by atoms with E-state index in [2.05, 4.69) is 5.32 Å². The molecule has 2 atom stereocenters. The summed E-state index contributed by atoms with van der Waals surface area (Å²) in [6.07, 6.45) is -0.668. The maximum atomic E-state index is 12.4. The molecule has 1 aliphatic heterocycles. The number of ether oxygens (including phenoxy) is 1. The number of aliphatic hydroxyl groups excluding tert-OH is 1. The monoisotopic (exact) mass is 328 g/mol. The summed E-state index contributed by atoms with van der Waals surface area (Å²) in [6, 6.07) is 7.44. The van der Waals surface area contributed by atoms with Crippen LogP contribution in [0, 0.1) is 6.92 Å². The molecule has 0 saturated carbocycles.